The fraction of sp³-hybridized carbons (Fsp3) is 0.188. The summed E-state index contributed by atoms with van der Waals surface area (Å²) in [5, 5.41) is 8.73. The number of rotatable bonds is 4. The van der Waals surface area contributed by atoms with Gasteiger partial charge in [-0.15, -0.1) is 0 Å². The maximum absolute atomic E-state index is 14.6. The van der Waals surface area contributed by atoms with E-state index in [0.29, 0.717) is 0 Å². The van der Waals surface area contributed by atoms with Crippen LogP contribution in [0.5, 0.6) is 0 Å². The maximum Gasteiger partial charge on any atom is 0.305 e. The van der Waals surface area contributed by atoms with Crippen LogP contribution in [-0.4, -0.2) is 11.1 Å². The molecule has 0 aromatic heterocycles. The minimum absolute atomic E-state index is 0.0973. The average molecular weight is 327 g/mol. The second-order valence-corrected chi connectivity index (χ2v) is 5.08. The molecule has 0 aliphatic rings. The standard InChI is InChI=1S/C16H13F4NO2/c1-7-5-8(13-9(17)3-2-4-10(13)18)16(20)14(15(7)19)11(21)6-12(22)23/h2-5,11H,6,21H2,1H3,(H,22,23)/t11-/m0/s1. The first-order chi connectivity index (χ1) is 10.7. The number of hydrogen-bond acceptors (Lipinski definition) is 2. The third-order valence-electron chi connectivity index (χ3n) is 3.41. The number of hydrogen-bond donors (Lipinski definition) is 2. The molecule has 2 aromatic carbocycles. The third kappa shape index (κ3) is 3.19. The number of carbonyl (C=O) groups is 1. The molecular weight excluding hydrogens is 314 g/mol. The monoisotopic (exact) mass is 327 g/mol. The van der Waals surface area contributed by atoms with Crippen molar-refractivity contribution < 1.29 is 27.5 Å². The van der Waals surface area contributed by atoms with E-state index in [9.17, 15) is 22.4 Å². The van der Waals surface area contributed by atoms with Gasteiger partial charge in [-0.25, -0.2) is 17.6 Å². The first-order valence-electron chi connectivity index (χ1n) is 6.64. The van der Waals surface area contributed by atoms with E-state index >= 15 is 0 Å². The van der Waals surface area contributed by atoms with Crippen LogP contribution in [-0.2, 0) is 4.79 Å². The number of benzene rings is 2. The first-order valence-corrected chi connectivity index (χ1v) is 6.64. The molecule has 7 heteroatoms. The van der Waals surface area contributed by atoms with Crippen molar-refractivity contribution in [3.63, 3.8) is 0 Å². The summed E-state index contributed by atoms with van der Waals surface area (Å²) < 4.78 is 56.5. The lowest BCUT2D eigenvalue weighted by molar-refractivity contribution is -0.137. The Kier molecular flexibility index (Phi) is 4.70. The minimum atomic E-state index is -1.49. The molecule has 0 heterocycles. The molecule has 23 heavy (non-hydrogen) atoms. The molecule has 0 aliphatic carbocycles. The minimum Gasteiger partial charge on any atom is -0.481 e. The van der Waals surface area contributed by atoms with Crippen molar-refractivity contribution in [1.82, 2.24) is 0 Å². The molecule has 2 rings (SSSR count). The second-order valence-electron chi connectivity index (χ2n) is 5.08. The summed E-state index contributed by atoms with van der Waals surface area (Å²) in [6.07, 6.45) is -0.726. The molecule has 0 unspecified atom stereocenters. The number of aliphatic carboxylic acids is 1. The molecule has 0 amide bonds. The van der Waals surface area contributed by atoms with E-state index in [0.717, 1.165) is 24.3 Å². The van der Waals surface area contributed by atoms with E-state index in [4.69, 9.17) is 10.8 Å². The van der Waals surface area contributed by atoms with Gasteiger partial charge in [0.25, 0.3) is 0 Å². The zero-order chi connectivity index (χ0) is 17.3. The van der Waals surface area contributed by atoms with Crippen LogP contribution in [0.15, 0.2) is 24.3 Å². The molecule has 0 fully saturated rings. The van der Waals surface area contributed by atoms with Gasteiger partial charge in [-0.1, -0.05) is 6.07 Å². The van der Waals surface area contributed by atoms with Crippen molar-refractivity contribution in [2.24, 2.45) is 5.73 Å². The third-order valence-corrected chi connectivity index (χ3v) is 3.41. The van der Waals surface area contributed by atoms with Gasteiger partial charge in [-0.05, 0) is 30.7 Å². The normalized spacial score (nSPS) is 12.3. The van der Waals surface area contributed by atoms with Crippen molar-refractivity contribution in [1.29, 1.82) is 0 Å². The fourth-order valence-electron chi connectivity index (χ4n) is 2.35. The van der Waals surface area contributed by atoms with Crippen molar-refractivity contribution in [2.45, 2.75) is 19.4 Å². The first kappa shape index (κ1) is 17.0. The lowest BCUT2D eigenvalue weighted by Gasteiger charge is -2.17. The van der Waals surface area contributed by atoms with Crippen LogP contribution in [0.1, 0.15) is 23.6 Å². The van der Waals surface area contributed by atoms with Crippen LogP contribution < -0.4 is 5.73 Å². The molecule has 3 N–H and O–H groups in total. The summed E-state index contributed by atoms with van der Waals surface area (Å²) in [5.74, 6) is -5.70. The highest BCUT2D eigenvalue weighted by Crippen LogP contribution is 2.35. The van der Waals surface area contributed by atoms with Gasteiger partial charge in [0.05, 0.1) is 12.0 Å². The molecule has 0 saturated carbocycles. The smallest absolute Gasteiger partial charge is 0.305 e. The van der Waals surface area contributed by atoms with E-state index < -0.39 is 58.4 Å². The molecule has 122 valence electrons. The van der Waals surface area contributed by atoms with Crippen LogP contribution in [0.25, 0.3) is 11.1 Å². The summed E-state index contributed by atoms with van der Waals surface area (Å²) in [6.45, 7) is 1.27. The topological polar surface area (TPSA) is 63.3 Å². The summed E-state index contributed by atoms with van der Waals surface area (Å²) >= 11 is 0. The van der Waals surface area contributed by atoms with Gasteiger partial charge in [-0.3, -0.25) is 4.79 Å². The number of carboxylic acids is 1. The van der Waals surface area contributed by atoms with E-state index in [-0.39, 0.29) is 5.56 Å². The fourth-order valence-corrected chi connectivity index (χ4v) is 2.35. The maximum atomic E-state index is 14.6. The Balaban J connectivity index is 2.73. The lowest BCUT2D eigenvalue weighted by atomic mass is 9.93. The van der Waals surface area contributed by atoms with Crippen molar-refractivity contribution in [3.05, 3.63) is 58.7 Å². The van der Waals surface area contributed by atoms with E-state index in [1.807, 2.05) is 0 Å². The van der Waals surface area contributed by atoms with E-state index in [1.165, 1.54) is 6.92 Å². The molecule has 0 spiro atoms. The Morgan fingerprint density at radius 1 is 1.17 bits per heavy atom. The van der Waals surface area contributed by atoms with Gasteiger partial charge in [0.2, 0.25) is 0 Å². The highest BCUT2D eigenvalue weighted by molar-refractivity contribution is 5.70. The van der Waals surface area contributed by atoms with Crippen molar-refractivity contribution in [3.8, 4) is 11.1 Å². The largest absolute Gasteiger partial charge is 0.481 e. The van der Waals surface area contributed by atoms with Crippen LogP contribution in [0.2, 0.25) is 0 Å². The summed E-state index contributed by atoms with van der Waals surface area (Å²) in [6, 6.07) is 2.46. The molecular formula is C16H13F4NO2. The summed E-state index contributed by atoms with van der Waals surface area (Å²) in [7, 11) is 0. The van der Waals surface area contributed by atoms with Gasteiger partial charge in [-0.2, -0.15) is 0 Å². The molecule has 1 atom stereocenters. The lowest BCUT2D eigenvalue weighted by Crippen LogP contribution is -2.19. The number of aryl methyl sites for hydroxylation is 1. The predicted octanol–water partition coefficient (Wildman–Crippen LogP) is 3.69. The second kappa shape index (κ2) is 6.37. The Bertz CT molecular complexity index is 757. The number of nitrogens with two attached hydrogens (primary N) is 1. The highest BCUT2D eigenvalue weighted by atomic mass is 19.1. The van der Waals surface area contributed by atoms with Crippen molar-refractivity contribution >= 4 is 5.97 Å². The van der Waals surface area contributed by atoms with E-state index in [2.05, 4.69) is 0 Å². The van der Waals surface area contributed by atoms with Gasteiger partial charge in [0.15, 0.2) is 0 Å². The molecule has 2 aromatic rings. The Labute approximate surface area is 129 Å². The van der Waals surface area contributed by atoms with Gasteiger partial charge < -0.3 is 10.8 Å². The van der Waals surface area contributed by atoms with Crippen LogP contribution >= 0.6 is 0 Å². The highest BCUT2D eigenvalue weighted by Gasteiger charge is 2.26. The molecule has 0 radical (unpaired) electrons. The van der Waals surface area contributed by atoms with Crippen LogP contribution in [0, 0.1) is 30.2 Å². The Morgan fingerprint density at radius 3 is 2.26 bits per heavy atom. The Morgan fingerprint density at radius 2 is 1.74 bits per heavy atom. The molecule has 0 bridgehead atoms. The van der Waals surface area contributed by atoms with Crippen LogP contribution in [0.3, 0.4) is 0 Å². The molecule has 3 nitrogen and oxygen atoms in total. The molecule has 0 aliphatic heterocycles. The van der Waals surface area contributed by atoms with Gasteiger partial charge in [0, 0.05) is 17.2 Å². The number of carboxylic acid groups (broad SMARTS) is 1. The van der Waals surface area contributed by atoms with Gasteiger partial charge in [0.1, 0.15) is 23.3 Å². The quantitative estimate of drug-likeness (QED) is 0.842. The SMILES string of the molecule is Cc1cc(-c2c(F)cccc2F)c(F)c([C@@H](N)CC(=O)O)c1F. The summed E-state index contributed by atoms with van der Waals surface area (Å²) in [4.78, 5) is 10.7. The average Bonchev–Trinajstić information content (AvgIpc) is 2.43. The zero-order valence-corrected chi connectivity index (χ0v) is 12.0. The summed E-state index contributed by atoms with van der Waals surface area (Å²) in [5.41, 5.74) is 3.58. The zero-order valence-electron chi connectivity index (χ0n) is 12.0. The predicted molar refractivity (Wildman–Crippen MR) is 75.6 cm³/mol. The number of halogens is 4. The van der Waals surface area contributed by atoms with Crippen LogP contribution in [0.4, 0.5) is 17.6 Å². The van der Waals surface area contributed by atoms with Gasteiger partial charge >= 0.3 is 5.97 Å². The van der Waals surface area contributed by atoms with E-state index in [1.54, 1.807) is 0 Å². The Hall–Kier alpha value is -2.41. The van der Waals surface area contributed by atoms with Crippen molar-refractivity contribution in [2.75, 3.05) is 0 Å². The molecule has 0 saturated heterocycles.